The lowest BCUT2D eigenvalue weighted by molar-refractivity contribution is -0.123. The Morgan fingerprint density at radius 2 is 1.90 bits per heavy atom. The highest BCUT2D eigenvalue weighted by atomic mass is 127. The quantitative estimate of drug-likeness (QED) is 0.349. The van der Waals surface area contributed by atoms with Crippen molar-refractivity contribution >= 4 is 63.1 Å². The van der Waals surface area contributed by atoms with Gasteiger partial charge in [0.2, 0.25) is 0 Å². The maximum absolute atomic E-state index is 13.3. The average molecular weight is 552 g/mol. The van der Waals surface area contributed by atoms with Crippen LogP contribution in [-0.2, 0) is 4.79 Å². The number of allylic oxidation sites excluding steroid dienone is 1. The molecule has 1 amide bonds. The molecule has 0 saturated carbocycles. The molecule has 1 saturated heterocycles. The van der Waals surface area contributed by atoms with Gasteiger partial charge < -0.3 is 4.90 Å². The summed E-state index contributed by atoms with van der Waals surface area (Å²) in [5.74, 6) is 1.09. The first-order valence-electron chi connectivity index (χ1n) is 10.0. The zero-order chi connectivity index (χ0) is 20.8. The van der Waals surface area contributed by atoms with Gasteiger partial charge in [-0.15, -0.1) is 0 Å². The van der Waals surface area contributed by atoms with Gasteiger partial charge in [-0.1, -0.05) is 47.5 Å². The van der Waals surface area contributed by atoms with Crippen molar-refractivity contribution in [2.24, 2.45) is 16.9 Å². The molecule has 7 heteroatoms. The third kappa shape index (κ3) is 3.76. The summed E-state index contributed by atoms with van der Waals surface area (Å²) in [6, 6.07) is 13.6. The minimum atomic E-state index is -0.0818. The lowest BCUT2D eigenvalue weighted by Gasteiger charge is -2.25. The molecule has 0 aromatic heterocycles. The van der Waals surface area contributed by atoms with Crippen LogP contribution in [0, 0.1) is 15.4 Å². The molecule has 1 aliphatic carbocycles. The van der Waals surface area contributed by atoms with E-state index in [2.05, 4.69) is 59.0 Å². The molecule has 0 bridgehead atoms. The number of benzene rings is 2. The van der Waals surface area contributed by atoms with E-state index in [1.807, 2.05) is 16.0 Å². The largest absolute Gasteiger partial charge is 0.337 e. The molecule has 0 radical (unpaired) electrons. The Balaban J connectivity index is 1.47. The third-order valence-corrected chi connectivity index (χ3v) is 7.43. The van der Waals surface area contributed by atoms with Gasteiger partial charge in [0.25, 0.3) is 5.91 Å². The molecule has 1 fully saturated rings. The molecule has 0 spiro atoms. The van der Waals surface area contributed by atoms with Crippen LogP contribution in [0.5, 0.6) is 0 Å². The van der Waals surface area contributed by atoms with Crippen molar-refractivity contribution in [1.82, 2.24) is 4.90 Å². The Morgan fingerprint density at radius 1 is 1.10 bits per heavy atom. The summed E-state index contributed by atoms with van der Waals surface area (Å²) in [5.41, 5.74) is 2.45. The number of rotatable bonds is 3. The Kier molecular flexibility index (Phi) is 5.54. The molecule has 3 atom stereocenters. The van der Waals surface area contributed by atoms with Gasteiger partial charge in [0.15, 0.2) is 0 Å². The van der Waals surface area contributed by atoms with E-state index in [1.54, 1.807) is 12.1 Å². The van der Waals surface area contributed by atoms with E-state index >= 15 is 0 Å². The standard InChI is InChI=1S/C23H20Cl2IN3O/c24-17-6-9-21(19(25)10-17)29-22(14-4-7-18(26)8-5-14)11-20(27-29)23(30)28-12-15-2-1-3-16(15)13-28/h1-2,4-10,15-16,22H,3,11-13H2. The van der Waals surface area contributed by atoms with E-state index < -0.39 is 0 Å². The van der Waals surface area contributed by atoms with Crippen molar-refractivity contribution in [1.29, 1.82) is 0 Å². The van der Waals surface area contributed by atoms with Gasteiger partial charge in [-0.05, 0) is 76.7 Å². The van der Waals surface area contributed by atoms with Crippen molar-refractivity contribution in [3.63, 3.8) is 0 Å². The number of anilines is 1. The maximum Gasteiger partial charge on any atom is 0.270 e. The van der Waals surface area contributed by atoms with Crippen LogP contribution < -0.4 is 5.01 Å². The Morgan fingerprint density at radius 3 is 2.63 bits per heavy atom. The summed E-state index contributed by atoms with van der Waals surface area (Å²) >= 11 is 14.9. The summed E-state index contributed by atoms with van der Waals surface area (Å²) < 4.78 is 1.17. The summed E-state index contributed by atoms with van der Waals surface area (Å²) in [5, 5.41) is 7.76. The van der Waals surface area contributed by atoms with Gasteiger partial charge in [0.05, 0.1) is 16.8 Å². The first-order valence-corrected chi connectivity index (χ1v) is 11.9. The van der Waals surface area contributed by atoms with Crippen LogP contribution in [0.1, 0.15) is 24.4 Å². The second-order valence-corrected chi connectivity index (χ2v) is 10.1. The van der Waals surface area contributed by atoms with E-state index in [-0.39, 0.29) is 11.9 Å². The second kappa shape index (κ2) is 8.17. The Bertz CT molecular complexity index is 1050. The first-order chi connectivity index (χ1) is 14.5. The van der Waals surface area contributed by atoms with Crippen molar-refractivity contribution in [3.8, 4) is 0 Å². The molecule has 2 aliphatic heterocycles. The Labute approximate surface area is 199 Å². The highest BCUT2D eigenvalue weighted by Gasteiger charge is 2.40. The lowest BCUT2D eigenvalue weighted by atomic mass is 10.0. The number of likely N-dealkylation sites (tertiary alicyclic amines) is 1. The third-order valence-electron chi connectivity index (χ3n) is 6.17. The van der Waals surface area contributed by atoms with Crippen LogP contribution in [0.3, 0.4) is 0 Å². The number of hydrogen-bond donors (Lipinski definition) is 0. The number of nitrogens with zero attached hydrogens (tertiary/aromatic N) is 3. The van der Waals surface area contributed by atoms with Gasteiger partial charge in [0, 0.05) is 28.1 Å². The zero-order valence-corrected chi connectivity index (χ0v) is 19.8. The van der Waals surface area contributed by atoms with E-state index in [1.165, 1.54) is 3.57 Å². The minimum absolute atomic E-state index is 0.0425. The molecule has 3 unspecified atom stereocenters. The molecule has 3 aliphatic rings. The van der Waals surface area contributed by atoms with Crippen molar-refractivity contribution in [2.45, 2.75) is 18.9 Å². The maximum atomic E-state index is 13.3. The normalized spacial score (nSPS) is 25.0. The smallest absolute Gasteiger partial charge is 0.270 e. The molecular formula is C23H20Cl2IN3O. The van der Waals surface area contributed by atoms with E-state index in [0.717, 1.165) is 30.8 Å². The number of carbonyl (C=O) groups is 1. The number of fused-ring (bicyclic) bond motifs is 1. The fourth-order valence-corrected chi connectivity index (χ4v) is 5.47. The molecule has 0 N–H and O–H groups in total. The van der Waals surface area contributed by atoms with Gasteiger partial charge in [0.1, 0.15) is 5.71 Å². The summed E-state index contributed by atoms with van der Waals surface area (Å²) in [6.45, 7) is 1.60. The zero-order valence-electron chi connectivity index (χ0n) is 16.1. The fourth-order valence-electron chi connectivity index (χ4n) is 4.61. The summed E-state index contributed by atoms with van der Waals surface area (Å²) in [6.07, 6.45) is 6.11. The molecule has 2 heterocycles. The number of halogens is 3. The van der Waals surface area contributed by atoms with Crippen molar-refractivity contribution < 1.29 is 4.79 Å². The fraction of sp³-hybridized carbons (Fsp3) is 0.304. The monoisotopic (exact) mass is 551 g/mol. The van der Waals surface area contributed by atoms with Crippen LogP contribution in [0.2, 0.25) is 10.0 Å². The van der Waals surface area contributed by atoms with Gasteiger partial charge >= 0.3 is 0 Å². The molecule has 4 nitrogen and oxygen atoms in total. The summed E-state index contributed by atoms with van der Waals surface area (Å²) in [7, 11) is 0. The minimum Gasteiger partial charge on any atom is -0.337 e. The number of hydrogen-bond acceptors (Lipinski definition) is 3. The second-order valence-electron chi connectivity index (χ2n) is 8.06. The topological polar surface area (TPSA) is 35.9 Å². The number of amides is 1. The highest BCUT2D eigenvalue weighted by molar-refractivity contribution is 14.1. The van der Waals surface area contributed by atoms with Crippen LogP contribution in [-0.4, -0.2) is 29.6 Å². The van der Waals surface area contributed by atoms with E-state index in [0.29, 0.717) is 34.0 Å². The van der Waals surface area contributed by atoms with Crippen LogP contribution in [0.15, 0.2) is 59.7 Å². The highest BCUT2D eigenvalue weighted by Crippen LogP contribution is 2.40. The van der Waals surface area contributed by atoms with Gasteiger partial charge in [-0.25, -0.2) is 0 Å². The average Bonchev–Trinajstić information content (AvgIpc) is 3.43. The molecule has 5 rings (SSSR count). The van der Waals surface area contributed by atoms with Crippen molar-refractivity contribution in [2.75, 3.05) is 18.1 Å². The predicted octanol–water partition coefficient (Wildman–Crippen LogP) is 5.94. The van der Waals surface area contributed by atoms with Crippen LogP contribution in [0.4, 0.5) is 5.69 Å². The lowest BCUT2D eigenvalue weighted by Crippen LogP contribution is -2.34. The van der Waals surface area contributed by atoms with Crippen LogP contribution in [0.25, 0.3) is 0 Å². The number of carbonyl (C=O) groups excluding carboxylic acids is 1. The molecule has 2 aromatic carbocycles. The van der Waals surface area contributed by atoms with Crippen molar-refractivity contribution in [3.05, 3.63) is 73.8 Å². The van der Waals surface area contributed by atoms with E-state index in [9.17, 15) is 4.79 Å². The molecule has 2 aromatic rings. The van der Waals surface area contributed by atoms with Crippen LogP contribution >= 0.6 is 45.8 Å². The first kappa shape index (κ1) is 20.3. The Hall–Kier alpha value is -1.57. The number of hydrazone groups is 1. The molecule has 154 valence electrons. The summed E-state index contributed by atoms with van der Waals surface area (Å²) in [4.78, 5) is 15.3. The van der Waals surface area contributed by atoms with Gasteiger partial charge in [-0.2, -0.15) is 5.10 Å². The van der Waals surface area contributed by atoms with Gasteiger partial charge in [-0.3, -0.25) is 9.80 Å². The SMILES string of the molecule is O=C(C1=NN(c2ccc(Cl)cc2Cl)C(c2ccc(I)cc2)C1)N1CC2C=CCC2C1. The molecular weight excluding hydrogens is 532 g/mol. The van der Waals surface area contributed by atoms with E-state index in [4.69, 9.17) is 28.3 Å². The molecule has 30 heavy (non-hydrogen) atoms. The predicted molar refractivity (Wildman–Crippen MR) is 130 cm³/mol.